The molecule has 0 aliphatic heterocycles. The molecule has 0 fully saturated rings. The second-order valence-electron chi connectivity index (χ2n) is 8.82. The van der Waals surface area contributed by atoms with Crippen molar-refractivity contribution in [1.82, 2.24) is 20.3 Å². The highest BCUT2D eigenvalue weighted by molar-refractivity contribution is 5.76. The van der Waals surface area contributed by atoms with Crippen molar-refractivity contribution >= 4 is 5.91 Å². The second kappa shape index (κ2) is 12.7. The largest absolute Gasteiger partial charge is 0.493 e. The maximum absolute atomic E-state index is 14.0. The molecule has 0 radical (unpaired) electrons. The van der Waals surface area contributed by atoms with Crippen LogP contribution in [0.5, 0.6) is 11.5 Å². The fourth-order valence-corrected chi connectivity index (χ4v) is 3.56. The highest BCUT2D eigenvalue weighted by atomic mass is 19.1. The summed E-state index contributed by atoms with van der Waals surface area (Å²) in [5.41, 5.74) is 3.07. The van der Waals surface area contributed by atoms with Crippen LogP contribution in [0.25, 0.3) is 5.69 Å². The van der Waals surface area contributed by atoms with E-state index in [1.807, 2.05) is 12.1 Å². The monoisotopic (exact) mass is 480 g/mol. The van der Waals surface area contributed by atoms with E-state index in [1.54, 1.807) is 37.6 Å². The number of rotatable bonds is 12. The normalized spacial score (nSPS) is 11.6. The number of aromatic nitrogens is 3. The van der Waals surface area contributed by atoms with Crippen LogP contribution in [0.3, 0.4) is 0 Å². The molecule has 2 aromatic carbocycles. The van der Waals surface area contributed by atoms with Crippen molar-refractivity contribution in [2.45, 2.75) is 53.2 Å². The molecule has 1 atom stereocenters. The number of carbonyl (C=O) groups excluding carboxylic acids is 1. The average Bonchev–Trinajstić information content (AvgIpc) is 3.30. The summed E-state index contributed by atoms with van der Waals surface area (Å²) in [6.07, 6.45) is 6.31. The Kier molecular flexibility index (Phi) is 9.40. The van der Waals surface area contributed by atoms with Gasteiger partial charge in [-0.3, -0.25) is 4.79 Å². The van der Waals surface area contributed by atoms with Crippen molar-refractivity contribution in [3.05, 3.63) is 77.4 Å². The number of methoxy groups -OCH3 is 1. The molecule has 0 unspecified atom stereocenters. The summed E-state index contributed by atoms with van der Waals surface area (Å²) in [4.78, 5) is 12.3. The number of para-hydroxylation sites is 1. The maximum Gasteiger partial charge on any atom is 0.220 e. The molecule has 0 saturated heterocycles. The van der Waals surface area contributed by atoms with Crippen LogP contribution in [0, 0.1) is 11.7 Å². The molecular formula is C27H33FN4O3. The van der Waals surface area contributed by atoms with Gasteiger partial charge in [-0.25, -0.2) is 9.07 Å². The Morgan fingerprint density at radius 3 is 2.74 bits per heavy atom. The molecule has 3 aromatic rings. The Morgan fingerprint density at radius 2 is 2.00 bits per heavy atom. The molecule has 1 amide bonds. The average molecular weight is 481 g/mol. The second-order valence-corrected chi connectivity index (χ2v) is 8.82. The van der Waals surface area contributed by atoms with Gasteiger partial charge in [0.25, 0.3) is 0 Å². The summed E-state index contributed by atoms with van der Waals surface area (Å²) in [7, 11) is 1.56. The molecule has 7 nitrogen and oxygen atoms in total. The molecule has 0 saturated carbocycles. The summed E-state index contributed by atoms with van der Waals surface area (Å²) in [5, 5.41) is 11.0. The van der Waals surface area contributed by atoms with Crippen molar-refractivity contribution in [1.29, 1.82) is 0 Å². The van der Waals surface area contributed by atoms with Crippen LogP contribution in [0.4, 0.5) is 4.39 Å². The van der Waals surface area contributed by atoms with Crippen molar-refractivity contribution < 1.29 is 18.7 Å². The van der Waals surface area contributed by atoms with Crippen molar-refractivity contribution in [2.75, 3.05) is 7.11 Å². The number of allylic oxidation sites excluding steroid dienone is 2. The molecular weight excluding hydrogens is 447 g/mol. The van der Waals surface area contributed by atoms with Gasteiger partial charge in [-0.15, -0.1) is 5.10 Å². The van der Waals surface area contributed by atoms with Gasteiger partial charge in [0.1, 0.15) is 23.8 Å². The standard InChI is InChI=1S/C27H33FN4O3/c1-19(2)8-7-9-20(3)14-27(33)29-16-21-12-13-25(26(15-21)34-4)35-18-22-17-32(31-30-22)24-11-6-5-10-23(24)28/h5-6,8,10-13,15,17,20H,7,9,14,16,18H2,1-4H3,(H,29,33)/t20-/m1/s1. The molecule has 3 rings (SSSR count). The number of benzene rings is 2. The summed E-state index contributed by atoms with van der Waals surface area (Å²) < 4.78 is 26.7. The molecule has 0 spiro atoms. The van der Waals surface area contributed by atoms with Crippen LogP contribution in [0.1, 0.15) is 51.3 Å². The summed E-state index contributed by atoms with van der Waals surface area (Å²) in [6.45, 7) is 6.82. The van der Waals surface area contributed by atoms with E-state index < -0.39 is 0 Å². The quantitative estimate of drug-likeness (QED) is 0.352. The molecule has 0 aliphatic carbocycles. The van der Waals surface area contributed by atoms with E-state index >= 15 is 0 Å². The first-order chi connectivity index (χ1) is 16.9. The van der Waals surface area contributed by atoms with E-state index in [0.29, 0.717) is 41.8 Å². The van der Waals surface area contributed by atoms with Crippen LogP contribution >= 0.6 is 0 Å². The zero-order chi connectivity index (χ0) is 25.2. The predicted octanol–water partition coefficient (Wildman–Crippen LogP) is 5.38. The van der Waals surface area contributed by atoms with Gasteiger partial charge in [0, 0.05) is 13.0 Å². The fraction of sp³-hybridized carbons (Fsp3) is 0.370. The van der Waals surface area contributed by atoms with Gasteiger partial charge in [-0.2, -0.15) is 0 Å². The molecule has 1 heterocycles. The minimum Gasteiger partial charge on any atom is -0.493 e. The number of nitrogens with one attached hydrogen (secondary N) is 1. The van der Waals surface area contributed by atoms with Crippen molar-refractivity contribution in [3.8, 4) is 17.2 Å². The Labute approximate surface area is 205 Å². The lowest BCUT2D eigenvalue weighted by atomic mass is 10.0. The molecule has 8 heteroatoms. The lowest BCUT2D eigenvalue weighted by Crippen LogP contribution is -2.24. The number of halogens is 1. The number of hydrogen-bond donors (Lipinski definition) is 1. The van der Waals surface area contributed by atoms with Crippen molar-refractivity contribution in [2.24, 2.45) is 5.92 Å². The van der Waals surface area contributed by atoms with Gasteiger partial charge >= 0.3 is 0 Å². The third kappa shape index (κ3) is 7.95. The highest BCUT2D eigenvalue weighted by Gasteiger charge is 2.12. The predicted molar refractivity (Wildman–Crippen MR) is 133 cm³/mol. The maximum atomic E-state index is 14.0. The van der Waals surface area contributed by atoms with Crippen LogP contribution in [-0.2, 0) is 17.9 Å². The van der Waals surface area contributed by atoms with Crippen LogP contribution in [0.15, 0.2) is 60.3 Å². The van der Waals surface area contributed by atoms with E-state index in [-0.39, 0.29) is 18.3 Å². The summed E-state index contributed by atoms with van der Waals surface area (Å²) in [6, 6.07) is 11.9. The van der Waals surface area contributed by atoms with E-state index in [2.05, 4.69) is 42.5 Å². The first-order valence-corrected chi connectivity index (χ1v) is 11.7. The molecule has 186 valence electrons. The number of hydrogen-bond acceptors (Lipinski definition) is 5. The third-order valence-corrected chi connectivity index (χ3v) is 5.48. The lowest BCUT2D eigenvalue weighted by Gasteiger charge is -2.13. The molecule has 0 aliphatic rings. The van der Waals surface area contributed by atoms with Crippen LogP contribution in [0.2, 0.25) is 0 Å². The van der Waals surface area contributed by atoms with Gasteiger partial charge in [0.2, 0.25) is 5.91 Å². The van der Waals surface area contributed by atoms with Gasteiger partial charge in [0.15, 0.2) is 11.5 Å². The van der Waals surface area contributed by atoms with E-state index in [4.69, 9.17) is 9.47 Å². The van der Waals surface area contributed by atoms with Crippen molar-refractivity contribution in [3.63, 3.8) is 0 Å². The zero-order valence-corrected chi connectivity index (χ0v) is 20.8. The minimum absolute atomic E-state index is 0.0342. The topological polar surface area (TPSA) is 78.3 Å². The van der Waals surface area contributed by atoms with E-state index in [1.165, 1.54) is 16.3 Å². The van der Waals surface area contributed by atoms with Crippen LogP contribution in [-0.4, -0.2) is 28.0 Å². The molecule has 35 heavy (non-hydrogen) atoms. The zero-order valence-electron chi connectivity index (χ0n) is 20.8. The lowest BCUT2D eigenvalue weighted by molar-refractivity contribution is -0.122. The summed E-state index contributed by atoms with van der Waals surface area (Å²) in [5.74, 6) is 1.07. The first kappa shape index (κ1) is 25.9. The fourth-order valence-electron chi connectivity index (χ4n) is 3.56. The van der Waals surface area contributed by atoms with Gasteiger partial charge in [-0.05, 0) is 62.4 Å². The number of nitrogens with zero attached hydrogens (tertiary/aromatic N) is 3. The smallest absolute Gasteiger partial charge is 0.220 e. The van der Waals surface area contributed by atoms with Gasteiger partial charge in [-0.1, -0.05) is 42.0 Å². The Balaban J connectivity index is 1.52. The first-order valence-electron chi connectivity index (χ1n) is 11.7. The van der Waals surface area contributed by atoms with Gasteiger partial charge in [0.05, 0.1) is 13.3 Å². The molecule has 1 aromatic heterocycles. The Bertz CT molecular complexity index is 1150. The van der Waals surface area contributed by atoms with E-state index in [9.17, 15) is 9.18 Å². The van der Waals surface area contributed by atoms with Gasteiger partial charge < -0.3 is 14.8 Å². The third-order valence-electron chi connectivity index (χ3n) is 5.48. The number of amides is 1. The summed E-state index contributed by atoms with van der Waals surface area (Å²) >= 11 is 0. The highest BCUT2D eigenvalue weighted by Crippen LogP contribution is 2.29. The number of carbonyl (C=O) groups is 1. The Morgan fingerprint density at radius 1 is 1.20 bits per heavy atom. The molecule has 1 N–H and O–H groups in total. The van der Waals surface area contributed by atoms with E-state index in [0.717, 1.165) is 18.4 Å². The Hall–Kier alpha value is -3.68. The number of ether oxygens (including phenoxy) is 2. The SMILES string of the molecule is COc1cc(CNC(=O)C[C@H](C)CCC=C(C)C)ccc1OCc1cn(-c2ccccc2F)nn1. The molecule has 0 bridgehead atoms. The minimum atomic E-state index is -0.382. The van der Waals surface area contributed by atoms with Crippen LogP contribution < -0.4 is 14.8 Å².